The lowest BCUT2D eigenvalue weighted by atomic mass is 10.1. The number of guanidine groups is 1. The van der Waals surface area contributed by atoms with Crippen molar-refractivity contribution in [3.05, 3.63) is 0 Å². The molecule has 0 radical (unpaired) electrons. The normalized spacial score (nSPS) is 18.1. The highest BCUT2D eigenvalue weighted by molar-refractivity contribution is 14.0. The summed E-state index contributed by atoms with van der Waals surface area (Å²) in [5.41, 5.74) is 0. The Hall–Kier alpha value is 0.260. The van der Waals surface area contributed by atoms with Gasteiger partial charge in [-0.1, -0.05) is 6.92 Å². The van der Waals surface area contributed by atoms with Crippen LogP contribution in [0.1, 0.15) is 40.0 Å². The van der Waals surface area contributed by atoms with E-state index in [0.717, 1.165) is 25.3 Å². The van der Waals surface area contributed by atoms with Gasteiger partial charge in [-0.3, -0.25) is 4.99 Å². The summed E-state index contributed by atoms with van der Waals surface area (Å²) in [5.74, 6) is 1.04. The van der Waals surface area contributed by atoms with E-state index in [2.05, 4.69) is 35.7 Å². The molecule has 0 bridgehead atoms. The fourth-order valence-electron chi connectivity index (χ4n) is 2.42. The third-order valence-electron chi connectivity index (χ3n) is 4.11. The molecule has 144 valence electrons. The number of aliphatic imine (C=N–C) groups is 1. The molecular formula is C15H33IN4O2S2. The van der Waals surface area contributed by atoms with E-state index in [1.807, 2.05) is 18.7 Å². The zero-order valence-corrected chi connectivity index (χ0v) is 19.4. The summed E-state index contributed by atoms with van der Waals surface area (Å²) in [4.78, 5) is 4.27. The highest BCUT2D eigenvalue weighted by Crippen LogP contribution is 2.19. The second kappa shape index (κ2) is 11.1. The fourth-order valence-corrected chi connectivity index (χ4v) is 4.18. The van der Waals surface area contributed by atoms with Crippen molar-refractivity contribution < 1.29 is 8.42 Å². The van der Waals surface area contributed by atoms with Crippen LogP contribution >= 0.6 is 35.7 Å². The molecular weight excluding hydrogens is 459 g/mol. The number of halogens is 1. The van der Waals surface area contributed by atoms with E-state index in [4.69, 9.17) is 0 Å². The first kappa shape index (κ1) is 24.3. The first-order valence-corrected chi connectivity index (χ1v) is 11.1. The summed E-state index contributed by atoms with van der Waals surface area (Å²) < 4.78 is 25.9. The molecule has 0 amide bonds. The standard InChI is InChI=1S/C15H32N4O2S2.HI/c1-6-11-23(20,21)19-9-7-13(8-10-19)18-14(16-4)17-12-15(2,3)22-5;/h13H,6-12H2,1-5H3,(H2,16,17,18);1H. The van der Waals surface area contributed by atoms with Gasteiger partial charge in [-0.25, -0.2) is 12.7 Å². The molecule has 0 spiro atoms. The summed E-state index contributed by atoms with van der Waals surface area (Å²) in [5, 5.41) is 6.77. The topological polar surface area (TPSA) is 73.8 Å². The van der Waals surface area contributed by atoms with Gasteiger partial charge in [-0.2, -0.15) is 11.8 Å². The van der Waals surface area contributed by atoms with Crippen molar-refractivity contribution in [2.45, 2.75) is 50.8 Å². The lowest BCUT2D eigenvalue weighted by Crippen LogP contribution is -2.51. The number of hydrogen-bond donors (Lipinski definition) is 2. The van der Waals surface area contributed by atoms with Crippen LogP contribution in [0.5, 0.6) is 0 Å². The Morgan fingerprint density at radius 3 is 2.38 bits per heavy atom. The van der Waals surface area contributed by atoms with Crippen molar-refractivity contribution in [2.75, 3.05) is 38.7 Å². The monoisotopic (exact) mass is 492 g/mol. The average molecular weight is 492 g/mol. The van der Waals surface area contributed by atoms with Crippen LogP contribution in [0.25, 0.3) is 0 Å². The smallest absolute Gasteiger partial charge is 0.214 e. The number of nitrogens with one attached hydrogen (secondary N) is 2. The molecule has 0 aromatic heterocycles. The van der Waals surface area contributed by atoms with Gasteiger partial charge in [0.15, 0.2) is 5.96 Å². The minimum atomic E-state index is -3.07. The number of thioether (sulfide) groups is 1. The molecule has 6 nitrogen and oxygen atoms in total. The minimum absolute atomic E-state index is 0. The lowest BCUT2D eigenvalue weighted by Gasteiger charge is -2.33. The molecule has 1 rings (SSSR count). The molecule has 1 heterocycles. The summed E-state index contributed by atoms with van der Waals surface area (Å²) in [6.07, 6.45) is 4.40. The van der Waals surface area contributed by atoms with Crippen LogP contribution in [-0.4, -0.2) is 68.2 Å². The van der Waals surface area contributed by atoms with Crippen molar-refractivity contribution in [3.8, 4) is 0 Å². The van der Waals surface area contributed by atoms with Crippen molar-refractivity contribution in [3.63, 3.8) is 0 Å². The molecule has 2 N–H and O–H groups in total. The van der Waals surface area contributed by atoms with Crippen molar-refractivity contribution >= 4 is 51.7 Å². The summed E-state index contributed by atoms with van der Waals surface area (Å²) in [6.45, 7) is 8.29. The van der Waals surface area contributed by atoms with E-state index in [0.29, 0.717) is 19.5 Å². The van der Waals surface area contributed by atoms with Crippen molar-refractivity contribution in [2.24, 2.45) is 4.99 Å². The zero-order valence-electron chi connectivity index (χ0n) is 15.5. The van der Waals surface area contributed by atoms with Gasteiger partial charge in [0.25, 0.3) is 0 Å². The predicted molar refractivity (Wildman–Crippen MR) is 116 cm³/mol. The number of hydrogen-bond acceptors (Lipinski definition) is 4. The van der Waals surface area contributed by atoms with E-state index in [-0.39, 0.29) is 40.5 Å². The van der Waals surface area contributed by atoms with Gasteiger partial charge in [0.1, 0.15) is 0 Å². The summed E-state index contributed by atoms with van der Waals surface area (Å²) in [7, 11) is -1.30. The van der Waals surface area contributed by atoms with E-state index in [9.17, 15) is 8.42 Å². The first-order chi connectivity index (χ1) is 10.7. The molecule has 0 aromatic carbocycles. The quantitative estimate of drug-likeness (QED) is 0.324. The maximum Gasteiger partial charge on any atom is 0.214 e. The maximum atomic E-state index is 12.1. The van der Waals surface area contributed by atoms with Gasteiger partial charge in [-0.05, 0) is 39.4 Å². The maximum absolute atomic E-state index is 12.1. The van der Waals surface area contributed by atoms with Crippen LogP contribution in [-0.2, 0) is 10.0 Å². The minimum Gasteiger partial charge on any atom is -0.355 e. The molecule has 24 heavy (non-hydrogen) atoms. The molecule has 0 aromatic rings. The molecule has 0 saturated carbocycles. The molecule has 1 aliphatic rings. The number of nitrogens with zero attached hydrogens (tertiary/aromatic N) is 2. The second-order valence-electron chi connectivity index (χ2n) is 6.52. The lowest BCUT2D eigenvalue weighted by molar-refractivity contribution is 0.306. The second-order valence-corrected chi connectivity index (χ2v) is 10.1. The third kappa shape index (κ3) is 8.09. The van der Waals surface area contributed by atoms with Gasteiger partial charge in [0.2, 0.25) is 10.0 Å². The molecule has 9 heteroatoms. The zero-order chi connectivity index (χ0) is 17.5. The van der Waals surface area contributed by atoms with Crippen LogP contribution in [0.2, 0.25) is 0 Å². The molecule has 0 aliphatic carbocycles. The number of piperidine rings is 1. The van der Waals surface area contributed by atoms with Crippen LogP contribution < -0.4 is 10.6 Å². The van der Waals surface area contributed by atoms with Crippen LogP contribution in [0.3, 0.4) is 0 Å². The molecule has 0 atom stereocenters. The Bertz CT molecular complexity index is 490. The van der Waals surface area contributed by atoms with Crippen LogP contribution in [0.15, 0.2) is 4.99 Å². The van der Waals surface area contributed by atoms with Crippen molar-refractivity contribution in [1.82, 2.24) is 14.9 Å². The highest BCUT2D eigenvalue weighted by atomic mass is 127. The summed E-state index contributed by atoms with van der Waals surface area (Å²) in [6, 6.07) is 0.270. The Kier molecular flexibility index (Phi) is 11.2. The highest BCUT2D eigenvalue weighted by Gasteiger charge is 2.27. The average Bonchev–Trinajstić information content (AvgIpc) is 2.52. The van der Waals surface area contributed by atoms with Crippen LogP contribution in [0.4, 0.5) is 0 Å². The Labute approximate surface area is 169 Å². The van der Waals surface area contributed by atoms with Gasteiger partial charge < -0.3 is 10.6 Å². The van der Waals surface area contributed by atoms with Gasteiger partial charge >= 0.3 is 0 Å². The SMILES string of the molecule is CCCS(=O)(=O)N1CCC(NC(=NC)NCC(C)(C)SC)CC1.I. The van der Waals surface area contributed by atoms with Gasteiger partial charge in [-0.15, -0.1) is 24.0 Å². The van der Waals surface area contributed by atoms with E-state index in [1.165, 1.54) is 0 Å². The molecule has 1 aliphatic heterocycles. The van der Waals surface area contributed by atoms with E-state index < -0.39 is 10.0 Å². The number of sulfonamides is 1. The van der Waals surface area contributed by atoms with Gasteiger partial charge in [0.05, 0.1) is 5.75 Å². The van der Waals surface area contributed by atoms with Crippen molar-refractivity contribution in [1.29, 1.82) is 0 Å². The Balaban J connectivity index is 0.00000529. The predicted octanol–water partition coefficient (Wildman–Crippen LogP) is 2.12. The summed E-state index contributed by atoms with van der Waals surface area (Å²) >= 11 is 1.81. The largest absolute Gasteiger partial charge is 0.355 e. The molecule has 0 unspecified atom stereocenters. The van der Waals surface area contributed by atoms with Gasteiger partial charge in [0, 0.05) is 37.5 Å². The first-order valence-electron chi connectivity index (χ1n) is 8.24. The fraction of sp³-hybridized carbons (Fsp3) is 0.933. The van der Waals surface area contributed by atoms with E-state index >= 15 is 0 Å². The third-order valence-corrected chi connectivity index (χ3v) is 7.43. The molecule has 1 saturated heterocycles. The van der Waals surface area contributed by atoms with E-state index in [1.54, 1.807) is 11.4 Å². The molecule has 1 fully saturated rings. The number of rotatable bonds is 7. The Morgan fingerprint density at radius 2 is 1.92 bits per heavy atom. The Morgan fingerprint density at radius 1 is 1.33 bits per heavy atom. The van der Waals surface area contributed by atoms with Crippen LogP contribution in [0, 0.1) is 0 Å².